The maximum absolute atomic E-state index is 13.4. The van der Waals surface area contributed by atoms with Crippen molar-refractivity contribution in [1.29, 1.82) is 0 Å². The number of anilines is 1. The summed E-state index contributed by atoms with van der Waals surface area (Å²) in [5.41, 5.74) is 3.81. The fourth-order valence-corrected chi connectivity index (χ4v) is 6.51. The largest absolute Gasteiger partial charge is 0.480 e. The number of carbonyl (C=O) groups is 2. The van der Waals surface area contributed by atoms with Gasteiger partial charge in [-0.25, -0.2) is 14.8 Å². The van der Waals surface area contributed by atoms with E-state index in [2.05, 4.69) is 20.7 Å². The number of rotatable bonds is 18. The summed E-state index contributed by atoms with van der Waals surface area (Å²) in [7, 11) is 1.97. The molecule has 3 N–H and O–H groups in total. The van der Waals surface area contributed by atoms with Crippen molar-refractivity contribution in [3.05, 3.63) is 59.0 Å². The number of nitrogens with zero attached hydrogens (tertiary/aromatic N) is 5. The molecular weight excluding hydrogens is 618 g/mol. The molecule has 0 saturated heterocycles. The van der Waals surface area contributed by atoms with Crippen molar-refractivity contribution in [1.82, 2.24) is 30.0 Å². The zero-order valence-corrected chi connectivity index (χ0v) is 28.1. The first-order chi connectivity index (χ1) is 22.9. The van der Waals surface area contributed by atoms with E-state index >= 15 is 0 Å². The molecule has 2 fully saturated rings. The Morgan fingerprint density at radius 1 is 1.02 bits per heavy atom. The molecule has 2 saturated carbocycles. The Balaban J connectivity index is 1.14. The molecule has 0 spiro atoms. The lowest BCUT2D eigenvalue weighted by Gasteiger charge is -2.36. The molecular formula is C35H48ClN7O4. The highest BCUT2D eigenvalue weighted by Crippen LogP contribution is 2.37. The molecule has 0 atom stereocenters. The van der Waals surface area contributed by atoms with Gasteiger partial charge in [0.05, 0.1) is 29.7 Å². The van der Waals surface area contributed by atoms with Crippen LogP contribution >= 0.6 is 11.6 Å². The van der Waals surface area contributed by atoms with Gasteiger partial charge in [0, 0.05) is 36.9 Å². The van der Waals surface area contributed by atoms with Crippen LogP contribution in [0.4, 0.5) is 10.7 Å². The molecule has 3 aromatic rings. The predicted molar refractivity (Wildman–Crippen MR) is 182 cm³/mol. The molecule has 11 nitrogen and oxygen atoms in total. The molecule has 0 radical (unpaired) electrons. The van der Waals surface area contributed by atoms with E-state index in [0.29, 0.717) is 35.7 Å². The number of benzene rings is 1. The number of carboxylic acid groups (broad SMARTS) is 1. The van der Waals surface area contributed by atoms with Gasteiger partial charge in [0.2, 0.25) is 5.95 Å². The topological polar surface area (TPSA) is 135 Å². The molecule has 1 amide bonds. The van der Waals surface area contributed by atoms with Crippen LogP contribution in [0.15, 0.2) is 42.7 Å². The average Bonchev–Trinajstić information content (AvgIpc) is 3.83. The Morgan fingerprint density at radius 2 is 1.77 bits per heavy atom. The molecule has 5 rings (SSSR count). The highest BCUT2D eigenvalue weighted by Gasteiger charge is 2.30. The number of hydrogen-bond donors (Lipinski definition) is 3. The number of ether oxygens (including phenoxy) is 1. The third kappa shape index (κ3) is 10.7. The maximum Gasteiger partial charge on any atom is 0.410 e. The first-order valence-corrected chi connectivity index (χ1v) is 17.4. The first kappa shape index (κ1) is 34.6. The van der Waals surface area contributed by atoms with Crippen LogP contribution in [0.5, 0.6) is 0 Å². The van der Waals surface area contributed by atoms with Crippen LogP contribution in [0.1, 0.15) is 81.9 Å². The van der Waals surface area contributed by atoms with Crippen molar-refractivity contribution in [2.24, 2.45) is 13.0 Å². The van der Waals surface area contributed by atoms with Gasteiger partial charge in [-0.1, -0.05) is 61.2 Å². The van der Waals surface area contributed by atoms with Crippen LogP contribution in [0.25, 0.3) is 11.3 Å². The van der Waals surface area contributed by atoms with Crippen LogP contribution < -0.4 is 10.6 Å². The molecule has 2 aromatic heterocycles. The number of aryl methyl sites for hydroxylation is 1. The highest BCUT2D eigenvalue weighted by atomic mass is 35.5. The lowest BCUT2D eigenvalue weighted by Crippen LogP contribution is -2.44. The van der Waals surface area contributed by atoms with E-state index < -0.39 is 5.97 Å². The minimum Gasteiger partial charge on any atom is -0.480 e. The molecule has 0 bridgehead atoms. The van der Waals surface area contributed by atoms with Crippen LogP contribution in [0, 0.1) is 5.92 Å². The fraction of sp³-hybridized carbons (Fsp3) is 0.571. The van der Waals surface area contributed by atoms with Gasteiger partial charge in [0.1, 0.15) is 6.61 Å². The number of carboxylic acids is 1. The van der Waals surface area contributed by atoms with Crippen molar-refractivity contribution >= 4 is 29.6 Å². The molecule has 0 unspecified atom stereocenters. The summed E-state index contributed by atoms with van der Waals surface area (Å²) in [6.07, 6.45) is 15.2. The standard InChI is InChI=1S/C35H48ClN7O4/c1-42-31(20-25-12-13-25)29(21-39-42)33-30(36)22-38-34(41-33)40-27-14-16-28(17-15-27)43(35(46)47-24-26-10-6-5-7-11-26)19-9-4-2-3-8-18-37-23-32(44)45/h5-7,10-11,21-22,25,27-28,37H,2-4,8-9,12-20,23-24H2,1H3,(H,44,45)(H,38,40,41)/t27-,28-. The number of aromatic nitrogens is 4. The number of amides is 1. The lowest BCUT2D eigenvalue weighted by molar-refractivity contribution is -0.135. The third-order valence-corrected chi connectivity index (χ3v) is 9.46. The number of hydrogen-bond acceptors (Lipinski definition) is 8. The van der Waals surface area contributed by atoms with E-state index in [-0.39, 0.29) is 31.3 Å². The molecule has 0 aliphatic heterocycles. The van der Waals surface area contributed by atoms with Crippen molar-refractivity contribution in [2.45, 2.75) is 95.7 Å². The lowest BCUT2D eigenvalue weighted by atomic mass is 9.90. The highest BCUT2D eigenvalue weighted by molar-refractivity contribution is 6.33. The Bertz CT molecular complexity index is 1440. The average molecular weight is 666 g/mol. The fourth-order valence-electron chi connectivity index (χ4n) is 6.32. The summed E-state index contributed by atoms with van der Waals surface area (Å²) < 4.78 is 7.72. The number of halogens is 1. The zero-order chi connectivity index (χ0) is 33.0. The summed E-state index contributed by atoms with van der Waals surface area (Å²) in [5.74, 6) is 0.443. The van der Waals surface area contributed by atoms with Crippen molar-refractivity contribution in [2.75, 3.05) is 25.0 Å². The Morgan fingerprint density at radius 3 is 2.51 bits per heavy atom. The quantitative estimate of drug-likeness (QED) is 0.131. The summed E-state index contributed by atoms with van der Waals surface area (Å²) in [6.45, 7) is 1.62. The molecule has 254 valence electrons. The van der Waals surface area contributed by atoms with E-state index in [4.69, 9.17) is 26.4 Å². The van der Waals surface area contributed by atoms with E-state index in [1.807, 2.05) is 53.2 Å². The van der Waals surface area contributed by atoms with E-state index in [1.54, 1.807) is 6.20 Å². The summed E-state index contributed by atoms with van der Waals surface area (Å²) in [4.78, 5) is 35.3. The Hall–Kier alpha value is -3.70. The van der Waals surface area contributed by atoms with Crippen LogP contribution in [0.3, 0.4) is 0 Å². The van der Waals surface area contributed by atoms with Gasteiger partial charge < -0.3 is 25.4 Å². The normalized spacial score (nSPS) is 17.7. The van der Waals surface area contributed by atoms with Crippen molar-refractivity contribution in [3.8, 4) is 11.3 Å². The number of aliphatic carboxylic acids is 1. The number of unbranched alkanes of at least 4 members (excludes halogenated alkanes) is 4. The van der Waals surface area contributed by atoms with E-state index in [0.717, 1.165) is 81.0 Å². The molecule has 2 aliphatic carbocycles. The minimum atomic E-state index is -0.833. The first-order valence-electron chi connectivity index (χ1n) is 17.1. The second kappa shape index (κ2) is 17.5. The summed E-state index contributed by atoms with van der Waals surface area (Å²) in [6, 6.07) is 10.1. The third-order valence-electron chi connectivity index (χ3n) is 9.18. The number of nitrogens with one attached hydrogen (secondary N) is 2. The predicted octanol–water partition coefficient (Wildman–Crippen LogP) is 6.47. The van der Waals surface area contributed by atoms with Gasteiger partial charge >= 0.3 is 12.1 Å². The van der Waals surface area contributed by atoms with E-state index in [9.17, 15) is 9.59 Å². The monoisotopic (exact) mass is 665 g/mol. The zero-order valence-electron chi connectivity index (χ0n) is 27.4. The minimum absolute atomic E-state index is 0.00182. The smallest absolute Gasteiger partial charge is 0.410 e. The Labute approximate surface area is 282 Å². The van der Waals surface area contributed by atoms with Gasteiger partial charge in [0.15, 0.2) is 0 Å². The van der Waals surface area contributed by atoms with Crippen molar-refractivity contribution < 1.29 is 19.4 Å². The van der Waals surface area contributed by atoms with Crippen LogP contribution in [-0.4, -0.2) is 73.5 Å². The molecule has 12 heteroatoms. The van der Waals surface area contributed by atoms with Crippen LogP contribution in [0.2, 0.25) is 5.02 Å². The second-order valence-corrected chi connectivity index (χ2v) is 13.3. The van der Waals surface area contributed by atoms with Gasteiger partial charge in [-0.05, 0) is 75.8 Å². The number of carbonyl (C=O) groups excluding carboxylic acids is 1. The van der Waals surface area contributed by atoms with Gasteiger partial charge in [-0.3, -0.25) is 9.48 Å². The second-order valence-electron chi connectivity index (χ2n) is 12.9. The Kier molecular flexibility index (Phi) is 12.9. The summed E-state index contributed by atoms with van der Waals surface area (Å²) in [5, 5.41) is 20.2. The van der Waals surface area contributed by atoms with Gasteiger partial charge in [0.25, 0.3) is 0 Å². The summed E-state index contributed by atoms with van der Waals surface area (Å²) >= 11 is 6.59. The molecule has 47 heavy (non-hydrogen) atoms. The van der Waals surface area contributed by atoms with E-state index in [1.165, 1.54) is 12.8 Å². The van der Waals surface area contributed by atoms with Gasteiger partial charge in [-0.2, -0.15) is 5.10 Å². The molecule has 1 aromatic carbocycles. The SMILES string of the molecule is Cn1ncc(-c2nc(N[C@H]3CC[C@H](N(CCCCCCCNCC(=O)O)C(=O)OCc4ccccc4)CC3)ncc2Cl)c1CC1CC1. The molecule has 2 aliphatic rings. The molecule has 2 heterocycles. The maximum atomic E-state index is 13.4. The van der Waals surface area contributed by atoms with Crippen LogP contribution in [-0.2, 0) is 29.6 Å². The van der Waals surface area contributed by atoms with Gasteiger partial charge in [-0.15, -0.1) is 0 Å². The van der Waals surface area contributed by atoms with Crippen molar-refractivity contribution in [3.63, 3.8) is 0 Å².